The van der Waals surface area contributed by atoms with Crippen LogP contribution in [0.3, 0.4) is 0 Å². The van der Waals surface area contributed by atoms with Crippen molar-refractivity contribution < 1.29 is 59.2 Å². The molecule has 0 fully saturated rings. The summed E-state index contributed by atoms with van der Waals surface area (Å²) in [6.45, 7) is 3.04. The molecule has 7 nitrogen and oxygen atoms in total. The van der Waals surface area contributed by atoms with Gasteiger partial charge in [-0.1, -0.05) is 0 Å². The van der Waals surface area contributed by atoms with Crippen molar-refractivity contribution in [2.45, 2.75) is 38.2 Å². The molecule has 0 aliphatic heterocycles. The van der Waals surface area contributed by atoms with E-state index in [0.29, 0.717) is 0 Å². The number of aliphatic hydroxyl groups is 2. The van der Waals surface area contributed by atoms with E-state index in [1.54, 1.807) is 6.92 Å². The molecule has 0 aromatic rings. The monoisotopic (exact) mass is 281 g/mol. The van der Waals surface area contributed by atoms with Crippen molar-refractivity contribution in [2.24, 2.45) is 0 Å². The van der Waals surface area contributed by atoms with Crippen LogP contribution in [0.5, 0.6) is 0 Å². The van der Waals surface area contributed by atoms with Crippen LogP contribution in [0.15, 0.2) is 11.6 Å². The number of amides is 1. The van der Waals surface area contributed by atoms with Crippen molar-refractivity contribution in [3.05, 3.63) is 11.6 Å². The average Bonchev–Trinajstić information content (AvgIpc) is 2.27. The third-order valence-corrected chi connectivity index (χ3v) is 2.65. The Balaban J connectivity index is 0.00000324. The SMILES string of the molecule is CCOC1C(C(=O)[O-])=C[C@@H](O)[C@H](NC(C)=O)[C@@H]1O.[Na+]. The van der Waals surface area contributed by atoms with Gasteiger partial charge in [-0.05, 0) is 13.0 Å². The Morgan fingerprint density at radius 1 is 1.47 bits per heavy atom. The first kappa shape index (κ1) is 18.6. The van der Waals surface area contributed by atoms with Gasteiger partial charge >= 0.3 is 29.6 Å². The molecule has 8 heteroatoms. The number of hydrogen-bond acceptors (Lipinski definition) is 6. The quantitative estimate of drug-likeness (QED) is 0.442. The Morgan fingerprint density at radius 3 is 2.47 bits per heavy atom. The molecule has 0 radical (unpaired) electrons. The van der Waals surface area contributed by atoms with E-state index in [4.69, 9.17) is 4.74 Å². The molecule has 0 aromatic carbocycles. The summed E-state index contributed by atoms with van der Waals surface area (Å²) in [5, 5.41) is 32.9. The minimum Gasteiger partial charge on any atom is -0.545 e. The van der Waals surface area contributed by atoms with Crippen LogP contribution in [-0.4, -0.2) is 53.1 Å². The van der Waals surface area contributed by atoms with Crippen molar-refractivity contribution in [1.82, 2.24) is 5.32 Å². The van der Waals surface area contributed by atoms with Crippen molar-refractivity contribution >= 4 is 11.9 Å². The summed E-state index contributed by atoms with van der Waals surface area (Å²) >= 11 is 0. The number of carbonyl (C=O) groups is 2. The molecule has 0 spiro atoms. The van der Waals surface area contributed by atoms with Crippen LogP contribution in [0.25, 0.3) is 0 Å². The molecule has 1 aliphatic rings. The topological polar surface area (TPSA) is 119 Å². The fourth-order valence-corrected chi connectivity index (χ4v) is 1.91. The number of hydrogen-bond donors (Lipinski definition) is 3. The Hall–Kier alpha value is -0.440. The summed E-state index contributed by atoms with van der Waals surface area (Å²) in [7, 11) is 0. The van der Waals surface area contributed by atoms with Crippen molar-refractivity contribution in [3.8, 4) is 0 Å². The van der Waals surface area contributed by atoms with Crippen LogP contribution >= 0.6 is 0 Å². The first-order valence-corrected chi connectivity index (χ1v) is 5.56. The number of carboxylic acids is 1. The van der Waals surface area contributed by atoms with E-state index in [0.717, 1.165) is 6.08 Å². The molecule has 0 saturated heterocycles. The van der Waals surface area contributed by atoms with Crippen LogP contribution in [0.1, 0.15) is 13.8 Å². The predicted molar refractivity (Wildman–Crippen MR) is 58.1 cm³/mol. The van der Waals surface area contributed by atoms with Crippen molar-refractivity contribution in [1.29, 1.82) is 0 Å². The van der Waals surface area contributed by atoms with E-state index < -0.39 is 36.2 Å². The summed E-state index contributed by atoms with van der Waals surface area (Å²) in [6.07, 6.45) is -2.79. The molecule has 1 amide bonds. The van der Waals surface area contributed by atoms with Gasteiger partial charge in [0, 0.05) is 19.1 Å². The van der Waals surface area contributed by atoms with Gasteiger partial charge in [-0.15, -0.1) is 0 Å². The van der Waals surface area contributed by atoms with Crippen LogP contribution < -0.4 is 40.0 Å². The second-order valence-corrected chi connectivity index (χ2v) is 3.99. The second kappa shape index (κ2) is 7.98. The third kappa shape index (κ3) is 4.55. The van der Waals surface area contributed by atoms with Gasteiger partial charge in [-0.25, -0.2) is 0 Å². The molecule has 3 N–H and O–H groups in total. The number of carboxylic acid groups (broad SMARTS) is 1. The molecule has 0 saturated carbocycles. The normalized spacial score (nSPS) is 30.0. The largest absolute Gasteiger partial charge is 1.00 e. The zero-order valence-electron chi connectivity index (χ0n) is 11.1. The van der Waals surface area contributed by atoms with Gasteiger partial charge in [0.15, 0.2) is 0 Å². The second-order valence-electron chi connectivity index (χ2n) is 3.99. The molecule has 102 valence electrons. The molecular weight excluding hydrogens is 265 g/mol. The van der Waals surface area contributed by atoms with Gasteiger partial charge in [-0.2, -0.15) is 0 Å². The van der Waals surface area contributed by atoms with Crippen LogP contribution in [0.4, 0.5) is 0 Å². The summed E-state index contributed by atoms with van der Waals surface area (Å²) < 4.78 is 5.13. The fraction of sp³-hybridized carbons (Fsp3) is 0.636. The van der Waals surface area contributed by atoms with Gasteiger partial charge in [0.1, 0.15) is 12.2 Å². The first-order valence-electron chi connectivity index (χ1n) is 5.56. The molecular formula is C11H16NNaO6. The van der Waals surface area contributed by atoms with E-state index >= 15 is 0 Å². The van der Waals surface area contributed by atoms with Gasteiger partial charge < -0.3 is 30.2 Å². The Bertz CT molecular complexity index is 372. The van der Waals surface area contributed by atoms with Gasteiger partial charge in [0.2, 0.25) is 5.91 Å². The minimum absolute atomic E-state index is 0. The predicted octanol–water partition coefficient (Wildman–Crippen LogP) is -5.69. The molecule has 19 heavy (non-hydrogen) atoms. The van der Waals surface area contributed by atoms with E-state index in [-0.39, 0.29) is 41.7 Å². The number of nitrogens with one attached hydrogen (secondary N) is 1. The minimum atomic E-state index is -1.52. The standard InChI is InChI=1S/C11H17NO6.Na/c1-3-18-10-6(11(16)17)4-7(14)8(9(10)15)12-5(2)13;/h4,7-10,14-15H,3H2,1-2H3,(H,12,13)(H,16,17);/q;+1/p-1/t7-,8+,9+,10?;/m1./s1. The molecule has 0 heterocycles. The van der Waals surface area contributed by atoms with Crippen LogP contribution in [0.2, 0.25) is 0 Å². The van der Waals surface area contributed by atoms with E-state index in [2.05, 4.69) is 5.32 Å². The van der Waals surface area contributed by atoms with Gasteiger partial charge in [0.25, 0.3) is 0 Å². The van der Waals surface area contributed by atoms with E-state index in [9.17, 15) is 24.9 Å². The zero-order chi connectivity index (χ0) is 13.9. The summed E-state index contributed by atoms with van der Waals surface area (Å²) in [6, 6.07) is -1.01. The third-order valence-electron chi connectivity index (χ3n) is 2.65. The average molecular weight is 281 g/mol. The van der Waals surface area contributed by atoms with Crippen molar-refractivity contribution in [2.75, 3.05) is 6.61 Å². The number of aliphatic hydroxyl groups excluding tert-OH is 2. The van der Waals surface area contributed by atoms with Crippen LogP contribution in [0, 0.1) is 0 Å². The Morgan fingerprint density at radius 2 is 2.05 bits per heavy atom. The van der Waals surface area contributed by atoms with Crippen molar-refractivity contribution in [3.63, 3.8) is 0 Å². The summed E-state index contributed by atoms with van der Waals surface area (Å²) in [5.41, 5.74) is -0.321. The van der Waals surface area contributed by atoms with E-state index in [1.807, 2.05) is 0 Å². The molecule has 1 aliphatic carbocycles. The number of rotatable bonds is 4. The van der Waals surface area contributed by atoms with Gasteiger partial charge in [0.05, 0.1) is 18.1 Å². The van der Waals surface area contributed by atoms with Gasteiger partial charge in [-0.3, -0.25) is 4.79 Å². The maximum Gasteiger partial charge on any atom is 1.00 e. The molecule has 1 rings (SSSR count). The maximum atomic E-state index is 11.0. The first-order chi connectivity index (χ1) is 8.38. The fourth-order valence-electron chi connectivity index (χ4n) is 1.91. The van der Waals surface area contributed by atoms with Crippen LogP contribution in [-0.2, 0) is 14.3 Å². The number of aliphatic carboxylic acids is 1. The molecule has 0 aromatic heterocycles. The molecule has 0 bridgehead atoms. The zero-order valence-corrected chi connectivity index (χ0v) is 13.1. The molecule has 1 unspecified atom stereocenters. The molecule has 4 atom stereocenters. The summed E-state index contributed by atoms with van der Waals surface area (Å²) in [5.74, 6) is -1.97. The van der Waals surface area contributed by atoms with E-state index in [1.165, 1.54) is 6.92 Å². The number of ether oxygens (including phenoxy) is 1. The summed E-state index contributed by atoms with van der Waals surface area (Å²) in [4.78, 5) is 21.9. The Labute approximate surface area is 132 Å². The Kier molecular flexibility index (Phi) is 7.80. The number of carbonyl (C=O) groups excluding carboxylic acids is 2. The maximum absolute atomic E-state index is 11.0. The smallest absolute Gasteiger partial charge is 0.545 e.